The van der Waals surface area contributed by atoms with Crippen LogP contribution in [-0.2, 0) is 7.05 Å². The van der Waals surface area contributed by atoms with E-state index in [2.05, 4.69) is 5.10 Å². The zero-order valence-electron chi connectivity index (χ0n) is 20.2. The summed E-state index contributed by atoms with van der Waals surface area (Å²) in [5.41, 5.74) is 2.21. The second kappa shape index (κ2) is 9.09. The van der Waals surface area contributed by atoms with Crippen molar-refractivity contribution in [3.05, 3.63) is 59.9 Å². The fourth-order valence-corrected chi connectivity index (χ4v) is 5.00. The first kappa shape index (κ1) is 23.0. The number of carbonyl (C=O) groups is 2. The van der Waals surface area contributed by atoms with Gasteiger partial charge in [0.25, 0.3) is 5.91 Å². The van der Waals surface area contributed by atoms with Crippen molar-refractivity contribution < 1.29 is 23.8 Å². The van der Waals surface area contributed by atoms with Crippen LogP contribution in [-0.4, -0.2) is 58.8 Å². The molecule has 1 spiro atoms. The lowest BCUT2D eigenvalue weighted by Gasteiger charge is -2.44. The second-order valence-electron chi connectivity index (χ2n) is 9.06. The summed E-state index contributed by atoms with van der Waals surface area (Å²) in [5.74, 6) is 1.77. The Labute approximate surface area is 204 Å². The van der Waals surface area contributed by atoms with E-state index in [1.165, 1.54) is 0 Å². The van der Waals surface area contributed by atoms with Crippen molar-refractivity contribution in [2.75, 3.05) is 26.8 Å². The van der Waals surface area contributed by atoms with E-state index in [9.17, 15) is 9.59 Å². The molecule has 0 saturated carbocycles. The first-order chi connectivity index (χ1) is 16.9. The predicted molar refractivity (Wildman–Crippen MR) is 130 cm³/mol. The Morgan fingerprint density at radius 3 is 2.60 bits per heavy atom. The Morgan fingerprint density at radius 1 is 1.17 bits per heavy atom. The van der Waals surface area contributed by atoms with Crippen LogP contribution in [0.5, 0.6) is 17.2 Å². The molecule has 2 aliphatic heterocycles. The number of piperidine rings is 1. The highest BCUT2D eigenvalue weighted by Crippen LogP contribution is 2.42. The SMILES string of the molecule is CCOc1cc(C(=O)N2CCC3(CC2)CC(=O)c2ccccc2O3)cc(OC)c1-c1cnn(C)c1. The lowest BCUT2D eigenvalue weighted by atomic mass is 9.82. The number of fused-ring (bicyclic) bond motifs is 1. The summed E-state index contributed by atoms with van der Waals surface area (Å²) >= 11 is 0. The number of likely N-dealkylation sites (tertiary alicyclic amines) is 1. The molecule has 0 unspecified atom stereocenters. The zero-order chi connectivity index (χ0) is 24.6. The molecule has 5 rings (SSSR count). The lowest BCUT2D eigenvalue weighted by Crippen LogP contribution is -2.52. The fourth-order valence-electron chi connectivity index (χ4n) is 5.00. The van der Waals surface area contributed by atoms with Gasteiger partial charge in [-0.3, -0.25) is 14.3 Å². The molecule has 1 amide bonds. The number of ether oxygens (including phenoxy) is 3. The van der Waals surface area contributed by atoms with Gasteiger partial charge in [0.2, 0.25) is 0 Å². The maximum atomic E-state index is 13.5. The Hall–Kier alpha value is -3.81. The number of carbonyl (C=O) groups excluding carboxylic acids is 2. The molecular weight excluding hydrogens is 446 g/mol. The topological polar surface area (TPSA) is 82.9 Å². The van der Waals surface area contributed by atoms with Gasteiger partial charge < -0.3 is 19.1 Å². The standard InChI is InChI=1S/C27H29N3O5/c1-4-34-24-14-18(13-23(33-3)25(24)19-16-28-29(2)17-19)26(32)30-11-9-27(10-12-30)15-21(31)20-7-5-6-8-22(20)35-27/h5-8,13-14,16-17H,4,9-12,15H2,1-3H3. The number of hydrogen-bond acceptors (Lipinski definition) is 6. The normalized spacial score (nSPS) is 16.5. The monoisotopic (exact) mass is 475 g/mol. The van der Waals surface area contributed by atoms with Crippen LogP contribution < -0.4 is 14.2 Å². The van der Waals surface area contributed by atoms with Gasteiger partial charge >= 0.3 is 0 Å². The molecule has 1 saturated heterocycles. The molecule has 2 aliphatic rings. The highest BCUT2D eigenvalue weighted by atomic mass is 16.5. The Bertz CT molecular complexity index is 1270. The minimum absolute atomic E-state index is 0.0978. The molecule has 0 atom stereocenters. The minimum atomic E-state index is -0.555. The van der Waals surface area contributed by atoms with Gasteiger partial charge in [-0.1, -0.05) is 12.1 Å². The third-order valence-corrected chi connectivity index (χ3v) is 6.78. The van der Waals surface area contributed by atoms with Crippen LogP contribution >= 0.6 is 0 Å². The van der Waals surface area contributed by atoms with E-state index in [-0.39, 0.29) is 11.7 Å². The molecule has 1 aromatic heterocycles. The summed E-state index contributed by atoms with van der Waals surface area (Å²) in [4.78, 5) is 28.0. The molecule has 8 nitrogen and oxygen atoms in total. The Balaban J connectivity index is 1.38. The molecule has 182 valence electrons. The number of aryl methyl sites for hydroxylation is 1. The summed E-state index contributed by atoms with van der Waals surface area (Å²) in [6.07, 6.45) is 5.17. The first-order valence-corrected chi connectivity index (χ1v) is 11.9. The number of Topliss-reactive ketones (excluding diaryl/α,β-unsaturated/α-hetero) is 1. The second-order valence-corrected chi connectivity index (χ2v) is 9.06. The Morgan fingerprint density at radius 2 is 1.91 bits per heavy atom. The van der Waals surface area contributed by atoms with Crippen LogP contribution in [0.25, 0.3) is 11.1 Å². The number of methoxy groups -OCH3 is 1. The number of nitrogens with zero attached hydrogens (tertiary/aromatic N) is 3. The molecule has 0 N–H and O–H groups in total. The summed E-state index contributed by atoms with van der Waals surface area (Å²) in [6.45, 7) is 3.37. The van der Waals surface area contributed by atoms with Crippen molar-refractivity contribution in [1.82, 2.24) is 14.7 Å². The minimum Gasteiger partial charge on any atom is -0.496 e. The van der Waals surface area contributed by atoms with Crippen LogP contribution in [0.2, 0.25) is 0 Å². The molecule has 2 aromatic carbocycles. The van der Waals surface area contributed by atoms with Gasteiger partial charge in [0.1, 0.15) is 22.8 Å². The number of benzene rings is 2. The van der Waals surface area contributed by atoms with Gasteiger partial charge in [-0.15, -0.1) is 0 Å². The van der Waals surface area contributed by atoms with Gasteiger partial charge in [0.05, 0.1) is 37.5 Å². The van der Waals surface area contributed by atoms with Crippen molar-refractivity contribution >= 4 is 11.7 Å². The number of aromatic nitrogens is 2. The quantitative estimate of drug-likeness (QED) is 0.552. The highest BCUT2D eigenvalue weighted by Gasteiger charge is 2.43. The van der Waals surface area contributed by atoms with E-state index < -0.39 is 5.60 Å². The van der Waals surface area contributed by atoms with Gasteiger partial charge in [-0.05, 0) is 31.2 Å². The van der Waals surface area contributed by atoms with Crippen LogP contribution in [0.1, 0.15) is 46.9 Å². The number of amides is 1. The molecule has 0 aliphatic carbocycles. The van der Waals surface area contributed by atoms with Crippen molar-refractivity contribution in [2.45, 2.75) is 31.8 Å². The smallest absolute Gasteiger partial charge is 0.254 e. The zero-order valence-corrected chi connectivity index (χ0v) is 20.2. The average Bonchev–Trinajstić information content (AvgIpc) is 3.29. The third-order valence-electron chi connectivity index (χ3n) is 6.78. The summed E-state index contributed by atoms with van der Waals surface area (Å²) in [6, 6.07) is 10.9. The van der Waals surface area contributed by atoms with Crippen LogP contribution in [0, 0.1) is 0 Å². The van der Waals surface area contributed by atoms with E-state index in [4.69, 9.17) is 14.2 Å². The summed E-state index contributed by atoms with van der Waals surface area (Å²) in [7, 11) is 3.43. The molecule has 8 heteroatoms. The van der Waals surface area contributed by atoms with Crippen LogP contribution in [0.3, 0.4) is 0 Å². The molecule has 3 aromatic rings. The van der Waals surface area contributed by atoms with Gasteiger partial charge in [0, 0.05) is 50.3 Å². The molecular formula is C27H29N3O5. The van der Waals surface area contributed by atoms with Crippen LogP contribution in [0.4, 0.5) is 0 Å². The van der Waals surface area contributed by atoms with E-state index in [0.29, 0.717) is 67.3 Å². The highest BCUT2D eigenvalue weighted by molar-refractivity contribution is 6.00. The number of ketones is 1. The molecule has 1 fully saturated rings. The first-order valence-electron chi connectivity index (χ1n) is 11.9. The van der Waals surface area contributed by atoms with E-state index in [1.54, 1.807) is 30.1 Å². The maximum Gasteiger partial charge on any atom is 0.254 e. The number of hydrogen-bond donors (Lipinski definition) is 0. The maximum absolute atomic E-state index is 13.5. The lowest BCUT2D eigenvalue weighted by molar-refractivity contribution is -0.00572. The number of rotatable bonds is 5. The van der Waals surface area contributed by atoms with E-state index in [1.807, 2.05) is 49.3 Å². The van der Waals surface area contributed by atoms with Crippen molar-refractivity contribution in [1.29, 1.82) is 0 Å². The summed E-state index contributed by atoms with van der Waals surface area (Å²) < 4.78 is 19.6. The third kappa shape index (κ3) is 4.24. The fraction of sp³-hybridized carbons (Fsp3) is 0.370. The predicted octanol–water partition coefficient (Wildman–Crippen LogP) is 4.13. The van der Waals surface area contributed by atoms with Crippen LogP contribution in [0.15, 0.2) is 48.8 Å². The van der Waals surface area contributed by atoms with Crippen molar-refractivity contribution in [3.8, 4) is 28.4 Å². The largest absolute Gasteiger partial charge is 0.496 e. The average molecular weight is 476 g/mol. The summed E-state index contributed by atoms with van der Waals surface area (Å²) in [5, 5.41) is 4.26. The van der Waals surface area contributed by atoms with E-state index in [0.717, 1.165) is 11.1 Å². The van der Waals surface area contributed by atoms with Gasteiger partial charge in [-0.25, -0.2) is 0 Å². The molecule has 3 heterocycles. The van der Waals surface area contributed by atoms with Gasteiger partial charge in [-0.2, -0.15) is 5.10 Å². The van der Waals surface area contributed by atoms with E-state index >= 15 is 0 Å². The molecule has 0 radical (unpaired) electrons. The van der Waals surface area contributed by atoms with Gasteiger partial charge in [0.15, 0.2) is 5.78 Å². The Kier molecular flexibility index (Phi) is 5.96. The van der Waals surface area contributed by atoms with Crippen molar-refractivity contribution in [3.63, 3.8) is 0 Å². The molecule has 35 heavy (non-hydrogen) atoms. The number of para-hydroxylation sites is 1. The van der Waals surface area contributed by atoms with Crippen molar-refractivity contribution in [2.24, 2.45) is 7.05 Å². The molecule has 0 bridgehead atoms.